The molecule has 0 N–H and O–H groups in total. The molecule has 5 nitrogen and oxygen atoms in total. The number of hydrogen-bond donors (Lipinski definition) is 0. The van der Waals surface area contributed by atoms with Crippen LogP contribution in [0, 0.1) is 17.8 Å². The summed E-state index contributed by atoms with van der Waals surface area (Å²) in [4.78, 5) is 26.7. The Kier molecular flexibility index (Phi) is 6.42. The summed E-state index contributed by atoms with van der Waals surface area (Å²) in [7, 11) is 1.61. The van der Waals surface area contributed by atoms with Crippen molar-refractivity contribution in [3.8, 4) is 5.75 Å². The van der Waals surface area contributed by atoms with E-state index in [1.807, 2.05) is 24.3 Å². The van der Waals surface area contributed by atoms with Crippen molar-refractivity contribution in [1.29, 1.82) is 0 Å². The van der Waals surface area contributed by atoms with Crippen molar-refractivity contribution in [2.75, 3.05) is 7.11 Å². The summed E-state index contributed by atoms with van der Waals surface area (Å²) in [6.45, 7) is 6.61. The van der Waals surface area contributed by atoms with Gasteiger partial charge in [-0.05, 0) is 54.4 Å². The number of nitrogens with zero attached hydrogens (tertiary/aromatic N) is 1. The van der Waals surface area contributed by atoms with E-state index in [-0.39, 0.29) is 30.4 Å². The number of carbonyl (C=O) groups is 2. The number of ketones is 1. The number of methoxy groups -OCH3 is 1. The summed E-state index contributed by atoms with van der Waals surface area (Å²) in [5.41, 5.74) is 0.896. The minimum atomic E-state index is -0.366. The summed E-state index contributed by atoms with van der Waals surface area (Å²) in [5, 5.41) is 0. The smallest absolute Gasteiger partial charge is 0.414 e. The van der Waals surface area contributed by atoms with Crippen LogP contribution in [0.2, 0.25) is 0 Å². The van der Waals surface area contributed by atoms with Crippen LogP contribution in [-0.2, 0) is 9.53 Å². The van der Waals surface area contributed by atoms with Gasteiger partial charge in [0, 0.05) is 12.6 Å². The van der Waals surface area contributed by atoms with Crippen LogP contribution in [0.25, 0.3) is 0 Å². The number of amides is 1. The number of allylic oxidation sites excluding steroid dienone is 1. The van der Waals surface area contributed by atoms with Crippen molar-refractivity contribution in [3.63, 3.8) is 0 Å². The third kappa shape index (κ3) is 4.57. The standard InChI is InChI=1S/C23H31NO4/c1-15(2)20-10-5-16(3)13-22(20)28-23(26)24-12-11-18(25)14-21(24)17-6-8-19(27-4)9-7-17/h6-9,11-12,15-16,20-22H,5,10,13-14H2,1-4H3/t16-,20+,21+,22-/m1/s1. The molecule has 0 spiro atoms. The zero-order valence-corrected chi connectivity index (χ0v) is 17.3. The third-order valence-electron chi connectivity index (χ3n) is 6.08. The number of ether oxygens (including phenoxy) is 2. The molecule has 1 saturated carbocycles. The van der Waals surface area contributed by atoms with Gasteiger partial charge in [0.25, 0.3) is 0 Å². The normalized spacial score (nSPS) is 27.8. The zero-order valence-electron chi connectivity index (χ0n) is 17.3. The van der Waals surface area contributed by atoms with Crippen LogP contribution in [0.4, 0.5) is 4.79 Å². The second-order valence-electron chi connectivity index (χ2n) is 8.43. The molecule has 1 aromatic carbocycles. The van der Waals surface area contributed by atoms with Gasteiger partial charge < -0.3 is 9.47 Å². The predicted octanol–water partition coefficient (Wildman–Crippen LogP) is 5.12. The first-order valence-corrected chi connectivity index (χ1v) is 10.2. The lowest BCUT2D eigenvalue weighted by Crippen LogP contribution is -2.41. The van der Waals surface area contributed by atoms with E-state index in [0.29, 0.717) is 17.8 Å². The molecule has 0 radical (unpaired) electrons. The van der Waals surface area contributed by atoms with Gasteiger partial charge in [0.15, 0.2) is 5.78 Å². The Labute approximate surface area is 167 Å². The maximum atomic E-state index is 13.1. The Morgan fingerprint density at radius 3 is 2.54 bits per heavy atom. The van der Waals surface area contributed by atoms with Gasteiger partial charge in [0.2, 0.25) is 0 Å². The monoisotopic (exact) mass is 385 g/mol. The molecule has 1 aliphatic carbocycles. The minimum absolute atomic E-state index is 0.0104. The van der Waals surface area contributed by atoms with Gasteiger partial charge in [-0.2, -0.15) is 0 Å². The van der Waals surface area contributed by atoms with Crippen LogP contribution < -0.4 is 4.74 Å². The van der Waals surface area contributed by atoms with Crippen molar-refractivity contribution in [2.24, 2.45) is 17.8 Å². The van der Waals surface area contributed by atoms with Crippen LogP contribution in [-0.4, -0.2) is 30.0 Å². The van der Waals surface area contributed by atoms with Crippen molar-refractivity contribution in [3.05, 3.63) is 42.1 Å². The molecular formula is C23H31NO4. The molecule has 5 heteroatoms. The van der Waals surface area contributed by atoms with E-state index in [4.69, 9.17) is 9.47 Å². The SMILES string of the molecule is COc1ccc([C@@H]2CC(=O)C=CN2C(=O)O[C@@H]2C[C@H](C)CC[C@H]2C(C)C)cc1. The second kappa shape index (κ2) is 8.80. The molecule has 28 heavy (non-hydrogen) atoms. The van der Waals surface area contributed by atoms with E-state index < -0.39 is 0 Å². The Hall–Kier alpha value is -2.30. The average molecular weight is 386 g/mol. The van der Waals surface area contributed by atoms with Crippen LogP contribution in [0.5, 0.6) is 5.75 Å². The number of hydrogen-bond acceptors (Lipinski definition) is 4. The molecular weight excluding hydrogens is 354 g/mol. The Morgan fingerprint density at radius 1 is 1.18 bits per heavy atom. The first kappa shape index (κ1) is 20.4. The Bertz CT molecular complexity index is 725. The van der Waals surface area contributed by atoms with Crippen LogP contribution >= 0.6 is 0 Å². The number of benzene rings is 1. The van der Waals surface area contributed by atoms with Gasteiger partial charge in [0.1, 0.15) is 11.9 Å². The van der Waals surface area contributed by atoms with Gasteiger partial charge in [-0.15, -0.1) is 0 Å². The fourth-order valence-corrected chi connectivity index (χ4v) is 4.36. The Balaban J connectivity index is 1.78. The van der Waals surface area contributed by atoms with E-state index >= 15 is 0 Å². The summed E-state index contributed by atoms with van der Waals surface area (Å²) in [6.07, 6.45) is 6.03. The van der Waals surface area contributed by atoms with Gasteiger partial charge in [-0.1, -0.05) is 39.3 Å². The van der Waals surface area contributed by atoms with Crippen LogP contribution in [0.3, 0.4) is 0 Å². The molecule has 0 saturated heterocycles. The van der Waals surface area contributed by atoms with Crippen LogP contribution in [0.1, 0.15) is 58.1 Å². The average Bonchev–Trinajstić information content (AvgIpc) is 2.67. The van der Waals surface area contributed by atoms with E-state index in [1.165, 1.54) is 12.5 Å². The van der Waals surface area contributed by atoms with Crippen molar-refractivity contribution in [2.45, 2.75) is 58.6 Å². The maximum Gasteiger partial charge on any atom is 0.414 e. The maximum absolute atomic E-state index is 13.1. The first-order valence-electron chi connectivity index (χ1n) is 10.2. The summed E-state index contributed by atoms with van der Waals surface area (Å²) in [5.74, 6) is 2.17. The molecule has 1 amide bonds. The summed E-state index contributed by atoms with van der Waals surface area (Å²) < 4.78 is 11.2. The van der Waals surface area contributed by atoms with Gasteiger partial charge in [-0.3, -0.25) is 9.69 Å². The highest BCUT2D eigenvalue weighted by Gasteiger charge is 2.36. The van der Waals surface area contributed by atoms with Crippen LogP contribution in [0.15, 0.2) is 36.5 Å². The Morgan fingerprint density at radius 2 is 1.89 bits per heavy atom. The summed E-state index contributed by atoms with van der Waals surface area (Å²) in [6, 6.07) is 7.14. The van der Waals surface area contributed by atoms with E-state index in [1.54, 1.807) is 18.2 Å². The lowest BCUT2D eigenvalue weighted by atomic mass is 9.75. The molecule has 2 aliphatic rings. The molecule has 4 atom stereocenters. The van der Waals surface area contributed by atoms with Gasteiger partial charge >= 0.3 is 6.09 Å². The predicted molar refractivity (Wildman–Crippen MR) is 108 cm³/mol. The molecule has 1 aliphatic heterocycles. The fourth-order valence-electron chi connectivity index (χ4n) is 4.36. The highest BCUT2D eigenvalue weighted by molar-refractivity contribution is 5.92. The molecule has 1 fully saturated rings. The molecule has 0 bridgehead atoms. The van der Waals surface area contributed by atoms with Gasteiger partial charge in [-0.25, -0.2) is 4.79 Å². The van der Waals surface area contributed by atoms with Gasteiger partial charge in [0.05, 0.1) is 13.2 Å². The molecule has 1 aromatic rings. The fraction of sp³-hybridized carbons (Fsp3) is 0.565. The van der Waals surface area contributed by atoms with E-state index in [0.717, 1.165) is 24.2 Å². The van der Waals surface area contributed by atoms with E-state index in [9.17, 15) is 9.59 Å². The lowest BCUT2D eigenvalue weighted by molar-refractivity contribution is -0.116. The summed E-state index contributed by atoms with van der Waals surface area (Å²) >= 11 is 0. The highest BCUT2D eigenvalue weighted by Crippen LogP contribution is 2.37. The first-order chi connectivity index (χ1) is 13.4. The molecule has 1 heterocycles. The third-order valence-corrected chi connectivity index (χ3v) is 6.08. The largest absolute Gasteiger partial charge is 0.497 e. The number of carbonyl (C=O) groups excluding carboxylic acids is 2. The lowest BCUT2D eigenvalue weighted by Gasteiger charge is -2.38. The second-order valence-corrected chi connectivity index (χ2v) is 8.43. The quantitative estimate of drug-likeness (QED) is 0.722. The van der Waals surface area contributed by atoms with Crippen molar-refractivity contribution in [1.82, 2.24) is 4.90 Å². The number of rotatable bonds is 4. The highest BCUT2D eigenvalue weighted by atomic mass is 16.6. The molecule has 0 unspecified atom stereocenters. The van der Waals surface area contributed by atoms with Crippen molar-refractivity contribution < 1.29 is 19.1 Å². The molecule has 152 valence electrons. The molecule has 0 aromatic heterocycles. The van der Waals surface area contributed by atoms with E-state index in [2.05, 4.69) is 20.8 Å². The zero-order chi connectivity index (χ0) is 20.3. The molecule has 3 rings (SSSR count). The minimum Gasteiger partial charge on any atom is -0.497 e. The topological polar surface area (TPSA) is 55.8 Å². The van der Waals surface area contributed by atoms with Crippen molar-refractivity contribution >= 4 is 11.9 Å².